The van der Waals surface area contributed by atoms with Crippen LogP contribution in [0.3, 0.4) is 0 Å². The van der Waals surface area contributed by atoms with Crippen molar-refractivity contribution in [2.45, 2.75) is 64.2 Å². The summed E-state index contributed by atoms with van der Waals surface area (Å²) in [5, 5.41) is 0. The van der Waals surface area contributed by atoms with Crippen LogP contribution >= 0.6 is 0 Å². The summed E-state index contributed by atoms with van der Waals surface area (Å²) in [6.45, 7) is 0. The van der Waals surface area contributed by atoms with Crippen LogP contribution < -0.4 is 0 Å². The van der Waals surface area contributed by atoms with Gasteiger partial charge in [-0.2, -0.15) is 0 Å². The van der Waals surface area contributed by atoms with Gasteiger partial charge in [0, 0.05) is 0 Å². The predicted octanol–water partition coefficient (Wildman–Crippen LogP) is 5.01. The molecule has 0 aromatic carbocycles. The summed E-state index contributed by atoms with van der Waals surface area (Å²) < 4.78 is 0. The third-order valence-electron chi connectivity index (χ3n) is 2.82. The van der Waals surface area contributed by atoms with Crippen molar-refractivity contribution in [2.75, 3.05) is 0 Å². The summed E-state index contributed by atoms with van der Waals surface area (Å²) in [5.41, 5.74) is 0. The lowest BCUT2D eigenvalue weighted by molar-refractivity contribution is 0.649. The van der Waals surface area contributed by atoms with Gasteiger partial charge in [0.2, 0.25) is 0 Å². The van der Waals surface area contributed by atoms with Crippen LogP contribution in [0.4, 0.5) is 0 Å². The fraction of sp³-hybridized carbons (Fsp3) is 0.714. The molecule has 0 heterocycles. The lowest BCUT2D eigenvalue weighted by Crippen LogP contribution is -1.79. The molecule has 0 radical (unpaired) electrons. The van der Waals surface area contributed by atoms with E-state index >= 15 is 0 Å². The maximum Gasteiger partial charge on any atom is -0.0351 e. The standard InChI is InChI=1S/C14H24/c1-2-4-6-8-10-12-14-13-11-9-7-5-3-1/h1-2,11,13H,3-10,12,14H2. The molecule has 0 nitrogen and oxygen atoms in total. The number of hydrogen-bond donors (Lipinski definition) is 0. The minimum Gasteiger partial charge on any atom is -0.0885 e. The first-order valence-electron chi connectivity index (χ1n) is 6.30. The van der Waals surface area contributed by atoms with Crippen LogP contribution in [0.1, 0.15) is 64.2 Å². The van der Waals surface area contributed by atoms with Crippen LogP contribution in [0.2, 0.25) is 0 Å². The van der Waals surface area contributed by atoms with Gasteiger partial charge in [0.1, 0.15) is 0 Å². The van der Waals surface area contributed by atoms with Crippen LogP contribution in [-0.2, 0) is 0 Å². The van der Waals surface area contributed by atoms with Crippen molar-refractivity contribution in [2.24, 2.45) is 0 Å². The Morgan fingerprint density at radius 2 is 0.643 bits per heavy atom. The van der Waals surface area contributed by atoms with Crippen LogP contribution in [0.25, 0.3) is 0 Å². The number of allylic oxidation sites excluding steroid dienone is 4. The minimum atomic E-state index is 1.29. The van der Waals surface area contributed by atoms with E-state index in [1.165, 1.54) is 64.2 Å². The Morgan fingerprint density at radius 3 is 1.00 bits per heavy atom. The van der Waals surface area contributed by atoms with Crippen LogP contribution in [0.5, 0.6) is 0 Å². The summed E-state index contributed by atoms with van der Waals surface area (Å²) in [5.74, 6) is 0. The highest BCUT2D eigenvalue weighted by Gasteiger charge is 1.89. The van der Waals surface area contributed by atoms with E-state index in [1.807, 2.05) is 0 Å². The van der Waals surface area contributed by atoms with E-state index < -0.39 is 0 Å². The normalized spacial score (nSPS) is 21.7. The third-order valence-corrected chi connectivity index (χ3v) is 2.82. The Labute approximate surface area is 89.1 Å². The molecular formula is C14H24. The Kier molecular flexibility index (Phi) is 7.47. The SMILES string of the molecule is C1=CCCCCCCC=CCCCC1. The van der Waals surface area contributed by atoms with Crippen molar-refractivity contribution in [1.82, 2.24) is 0 Å². The minimum absolute atomic E-state index is 1.29. The Morgan fingerprint density at radius 1 is 0.357 bits per heavy atom. The number of rotatable bonds is 0. The third kappa shape index (κ3) is 6.94. The molecule has 14 heavy (non-hydrogen) atoms. The van der Waals surface area contributed by atoms with E-state index in [2.05, 4.69) is 24.3 Å². The summed E-state index contributed by atoms with van der Waals surface area (Å²) in [7, 11) is 0. The molecule has 0 fully saturated rings. The monoisotopic (exact) mass is 192 g/mol. The molecule has 0 heteroatoms. The first kappa shape index (κ1) is 11.6. The second-order valence-corrected chi connectivity index (χ2v) is 4.22. The topological polar surface area (TPSA) is 0 Å². The van der Waals surface area contributed by atoms with E-state index in [0.717, 1.165) is 0 Å². The average Bonchev–Trinajstić information content (AvgIpc) is 2.22. The Hall–Kier alpha value is -0.520. The zero-order chi connectivity index (χ0) is 9.90. The summed E-state index contributed by atoms with van der Waals surface area (Å²) in [4.78, 5) is 0. The molecule has 0 saturated heterocycles. The van der Waals surface area contributed by atoms with Crippen LogP contribution in [0.15, 0.2) is 24.3 Å². The zero-order valence-corrected chi connectivity index (χ0v) is 9.38. The highest BCUT2D eigenvalue weighted by Crippen LogP contribution is 2.09. The van der Waals surface area contributed by atoms with E-state index in [-0.39, 0.29) is 0 Å². The molecule has 0 atom stereocenters. The quantitative estimate of drug-likeness (QED) is 0.473. The maximum absolute atomic E-state index is 2.38. The molecule has 0 spiro atoms. The van der Waals surface area contributed by atoms with Gasteiger partial charge < -0.3 is 0 Å². The second-order valence-electron chi connectivity index (χ2n) is 4.22. The van der Waals surface area contributed by atoms with E-state index in [9.17, 15) is 0 Å². The van der Waals surface area contributed by atoms with E-state index in [1.54, 1.807) is 0 Å². The molecule has 80 valence electrons. The zero-order valence-electron chi connectivity index (χ0n) is 9.38. The smallest absolute Gasteiger partial charge is 0.0351 e. The van der Waals surface area contributed by atoms with E-state index in [4.69, 9.17) is 0 Å². The molecule has 0 unspecified atom stereocenters. The van der Waals surface area contributed by atoms with Crippen molar-refractivity contribution in [3.8, 4) is 0 Å². The van der Waals surface area contributed by atoms with Gasteiger partial charge in [-0.25, -0.2) is 0 Å². The predicted molar refractivity (Wildman–Crippen MR) is 64.5 cm³/mol. The Bertz CT molecular complexity index is 145. The summed E-state index contributed by atoms with van der Waals surface area (Å²) in [6, 6.07) is 0. The first-order chi connectivity index (χ1) is 7.00. The van der Waals surface area contributed by atoms with Crippen molar-refractivity contribution in [3.63, 3.8) is 0 Å². The maximum atomic E-state index is 2.38. The second kappa shape index (κ2) is 9.05. The fourth-order valence-electron chi connectivity index (χ4n) is 1.87. The molecule has 0 aliphatic heterocycles. The molecule has 0 aromatic rings. The molecule has 1 aliphatic carbocycles. The average molecular weight is 192 g/mol. The van der Waals surface area contributed by atoms with Crippen molar-refractivity contribution >= 4 is 0 Å². The van der Waals surface area contributed by atoms with Gasteiger partial charge in [0.15, 0.2) is 0 Å². The summed E-state index contributed by atoms with van der Waals surface area (Å²) >= 11 is 0. The van der Waals surface area contributed by atoms with Gasteiger partial charge in [-0.05, 0) is 51.4 Å². The van der Waals surface area contributed by atoms with Gasteiger partial charge in [-0.15, -0.1) is 0 Å². The van der Waals surface area contributed by atoms with E-state index in [0.29, 0.717) is 0 Å². The van der Waals surface area contributed by atoms with Gasteiger partial charge in [0.25, 0.3) is 0 Å². The first-order valence-corrected chi connectivity index (χ1v) is 6.30. The van der Waals surface area contributed by atoms with Gasteiger partial charge in [-0.3, -0.25) is 0 Å². The molecule has 0 N–H and O–H groups in total. The Balaban J connectivity index is 2.16. The summed E-state index contributed by atoms with van der Waals surface area (Å²) in [6.07, 6.45) is 23.0. The lowest BCUT2D eigenvalue weighted by atomic mass is 10.1. The van der Waals surface area contributed by atoms with Gasteiger partial charge in [-0.1, -0.05) is 37.1 Å². The molecule has 0 aromatic heterocycles. The highest BCUT2D eigenvalue weighted by atomic mass is 14.0. The lowest BCUT2D eigenvalue weighted by Gasteiger charge is -1.99. The molecule has 0 bridgehead atoms. The van der Waals surface area contributed by atoms with Crippen LogP contribution in [-0.4, -0.2) is 0 Å². The fourth-order valence-corrected chi connectivity index (χ4v) is 1.87. The molecule has 1 rings (SSSR count). The van der Waals surface area contributed by atoms with Gasteiger partial charge >= 0.3 is 0 Å². The largest absolute Gasteiger partial charge is 0.0885 e. The molecular weight excluding hydrogens is 168 g/mol. The molecule has 0 saturated carbocycles. The van der Waals surface area contributed by atoms with Crippen molar-refractivity contribution < 1.29 is 0 Å². The molecule has 1 aliphatic rings. The van der Waals surface area contributed by atoms with Crippen molar-refractivity contribution in [1.29, 1.82) is 0 Å². The van der Waals surface area contributed by atoms with Crippen LogP contribution in [0, 0.1) is 0 Å². The van der Waals surface area contributed by atoms with Gasteiger partial charge in [0.05, 0.1) is 0 Å². The molecule has 0 amide bonds. The number of hydrogen-bond acceptors (Lipinski definition) is 0. The highest BCUT2D eigenvalue weighted by molar-refractivity contribution is 4.84. The van der Waals surface area contributed by atoms with Crippen molar-refractivity contribution in [3.05, 3.63) is 24.3 Å².